The van der Waals surface area contributed by atoms with E-state index in [2.05, 4.69) is 19.2 Å². The molecule has 112 valence electrons. The summed E-state index contributed by atoms with van der Waals surface area (Å²) >= 11 is 0. The Labute approximate surface area is 122 Å². The van der Waals surface area contributed by atoms with Gasteiger partial charge in [-0.15, -0.1) is 0 Å². The normalized spacial score (nSPS) is 12.4. The van der Waals surface area contributed by atoms with Crippen molar-refractivity contribution < 1.29 is 9.53 Å². The van der Waals surface area contributed by atoms with Gasteiger partial charge in [-0.05, 0) is 18.0 Å². The van der Waals surface area contributed by atoms with Crippen molar-refractivity contribution in [2.45, 2.75) is 40.2 Å². The summed E-state index contributed by atoms with van der Waals surface area (Å²) in [5, 5.41) is 3.37. The number of ether oxygens (including phenoxy) is 1. The van der Waals surface area contributed by atoms with Gasteiger partial charge in [-0.25, -0.2) is 0 Å². The van der Waals surface area contributed by atoms with E-state index in [1.165, 1.54) is 12.8 Å². The maximum absolute atomic E-state index is 11.9. The summed E-state index contributed by atoms with van der Waals surface area (Å²) in [4.78, 5) is 11.9. The van der Waals surface area contributed by atoms with E-state index in [1.54, 1.807) is 0 Å². The predicted molar refractivity (Wildman–Crippen MR) is 82.3 cm³/mol. The quantitative estimate of drug-likeness (QED) is 0.703. The molecule has 1 unspecified atom stereocenters. The largest absolute Gasteiger partial charge is 0.461 e. The van der Waals surface area contributed by atoms with Crippen molar-refractivity contribution in [1.29, 1.82) is 0 Å². The van der Waals surface area contributed by atoms with Crippen LogP contribution in [0.2, 0.25) is 0 Å². The van der Waals surface area contributed by atoms with Crippen LogP contribution in [0.3, 0.4) is 0 Å². The predicted octanol–water partition coefficient (Wildman–Crippen LogP) is 3.39. The van der Waals surface area contributed by atoms with E-state index in [1.807, 2.05) is 37.3 Å². The minimum Gasteiger partial charge on any atom is -0.461 e. The Hall–Kier alpha value is -1.35. The molecule has 0 aliphatic rings. The molecule has 0 saturated heterocycles. The number of nitrogens with one attached hydrogen (secondary N) is 1. The summed E-state index contributed by atoms with van der Waals surface area (Å²) in [6, 6.07) is 9.77. The summed E-state index contributed by atoms with van der Waals surface area (Å²) in [5.41, 5.74) is 1.03. The van der Waals surface area contributed by atoms with Crippen LogP contribution in [-0.4, -0.2) is 19.1 Å². The average Bonchev–Trinajstić information content (AvgIpc) is 2.50. The zero-order valence-corrected chi connectivity index (χ0v) is 12.9. The van der Waals surface area contributed by atoms with Crippen molar-refractivity contribution in [2.24, 2.45) is 11.8 Å². The highest BCUT2D eigenvalue weighted by atomic mass is 16.5. The van der Waals surface area contributed by atoms with Crippen molar-refractivity contribution in [3.05, 3.63) is 35.9 Å². The third-order valence-corrected chi connectivity index (χ3v) is 3.66. The SMILES string of the molecule is CCC(CC)CNCC(C)C(=O)OCc1ccccc1. The molecule has 0 bridgehead atoms. The lowest BCUT2D eigenvalue weighted by Crippen LogP contribution is -2.31. The summed E-state index contributed by atoms with van der Waals surface area (Å²) < 4.78 is 5.32. The van der Waals surface area contributed by atoms with Crippen LogP contribution in [0.25, 0.3) is 0 Å². The number of hydrogen-bond acceptors (Lipinski definition) is 3. The summed E-state index contributed by atoms with van der Waals surface area (Å²) in [6.45, 7) is 8.33. The molecule has 0 saturated carbocycles. The minimum atomic E-state index is -0.133. The molecule has 0 spiro atoms. The molecule has 1 atom stereocenters. The Kier molecular flexibility index (Phi) is 7.97. The first kappa shape index (κ1) is 16.7. The fourth-order valence-electron chi connectivity index (χ4n) is 2.04. The maximum atomic E-state index is 11.9. The second kappa shape index (κ2) is 9.54. The van der Waals surface area contributed by atoms with Gasteiger partial charge in [-0.2, -0.15) is 0 Å². The van der Waals surface area contributed by atoms with Crippen LogP contribution in [0.15, 0.2) is 30.3 Å². The first-order chi connectivity index (χ1) is 9.67. The van der Waals surface area contributed by atoms with Gasteiger partial charge in [0.1, 0.15) is 6.61 Å². The van der Waals surface area contributed by atoms with Gasteiger partial charge in [0.2, 0.25) is 0 Å². The Morgan fingerprint density at radius 3 is 2.40 bits per heavy atom. The summed E-state index contributed by atoms with van der Waals surface area (Å²) in [7, 11) is 0. The molecule has 3 nitrogen and oxygen atoms in total. The molecule has 0 aromatic heterocycles. The maximum Gasteiger partial charge on any atom is 0.310 e. The Bertz CT molecular complexity index is 374. The third-order valence-electron chi connectivity index (χ3n) is 3.66. The van der Waals surface area contributed by atoms with E-state index in [-0.39, 0.29) is 11.9 Å². The topological polar surface area (TPSA) is 38.3 Å². The van der Waals surface area contributed by atoms with Crippen LogP contribution >= 0.6 is 0 Å². The molecular formula is C17H27NO2. The molecule has 20 heavy (non-hydrogen) atoms. The monoisotopic (exact) mass is 277 g/mol. The highest BCUT2D eigenvalue weighted by Gasteiger charge is 2.14. The Balaban J connectivity index is 2.22. The Morgan fingerprint density at radius 2 is 1.80 bits per heavy atom. The molecule has 0 aliphatic carbocycles. The van der Waals surface area contributed by atoms with E-state index < -0.39 is 0 Å². The second-order valence-electron chi connectivity index (χ2n) is 5.34. The number of esters is 1. The molecule has 1 N–H and O–H groups in total. The highest BCUT2D eigenvalue weighted by molar-refractivity contribution is 5.72. The van der Waals surface area contributed by atoms with E-state index in [0.717, 1.165) is 12.1 Å². The second-order valence-corrected chi connectivity index (χ2v) is 5.34. The first-order valence-corrected chi connectivity index (χ1v) is 7.58. The number of benzene rings is 1. The van der Waals surface area contributed by atoms with Crippen molar-refractivity contribution in [3.63, 3.8) is 0 Å². The van der Waals surface area contributed by atoms with Crippen molar-refractivity contribution in [1.82, 2.24) is 5.32 Å². The van der Waals surface area contributed by atoms with Gasteiger partial charge in [-0.1, -0.05) is 63.9 Å². The number of rotatable bonds is 9. The lowest BCUT2D eigenvalue weighted by molar-refractivity contribution is -0.149. The molecule has 1 aromatic rings. The third kappa shape index (κ3) is 6.20. The molecule has 0 amide bonds. The minimum absolute atomic E-state index is 0.104. The molecule has 0 radical (unpaired) electrons. The van der Waals surface area contributed by atoms with Crippen LogP contribution in [-0.2, 0) is 16.1 Å². The van der Waals surface area contributed by atoms with Crippen LogP contribution in [0.4, 0.5) is 0 Å². The van der Waals surface area contributed by atoms with Gasteiger partial charge in [-0.3, -0.25) is 4.79 Å². The van der Waals surface area contributed by atoms with Crippen molar-refractivity contribution >= 4 is 5.97 Å². The fraction of sp³-hybridized carbons (Fsp3) is 0.588. The number of hydrogen-bond donors (Lipinski definition) is 1. The molecule has 1 rings (SSSR count). The number of carbonyl (C=O) groups is 1. The number of carbonyl (C=O) groups excluding carboxylic acids is 1. The van der Waals surface area contributed by atoms with Gasteiger partial charge in [0.15, 0.2) is 0 Å². The fourth-order valence-corrected chi connectivity index (χ4v) is 2.04. The van der Waals surface area contributed by atoms with Gasteiger partial charge < -0.3 is 10.1 Å². The van der Waals surface area contributed by atoms with E-state index in [4.69, 9.17) is 4.74 Å². The van der Waals surface area contributed by atoms with Crippen LogP contribution in [0, 0.1) is 11.8 Å². The zero-order chi connectivity index (χ0) is 14.8. The van der Waals surface area contributed by atoms with E-state index >= 15 is 0 Å². The van der Waals surface area contributed by atoms with E-state index in [9.17, 15) is 4.79 Å². The first-order valence-electron chi connectivity index (χ1n) is 7.58. The molecular weight excluding hydrogens is 250 g/mol. The lowest BCUT2D eigenvalue weighted by atomic mass is 10.0. The zero-order valence-electron chi connectivity index (χ0n) is 12.9. The van der Waals surface area contributed by atoms with Crippen LogP contribution in [0.5, 0.6) is 0 Å². The summed E-state index contributed by atoms with van der Waals surface area (Å²) in [5.74, 6) is 0.460. The highest BCUT2D eigenvalue weighted by Crippen LogP contribution is 2.07. The molecule has 1 aromatic carbocycles. The molecule has 0 fully saturated rings. The molecule has 0 heterocycles. The van der Waals surface area contributed by atoms with Gasteiger partial charge in [0, 0.05) is 6.54 Å². The molecule has 3 heteroatoms. The lowest BCUT2D eigenvalue weighted by Gasteiger charge is -2.16. The van der Waals surface area contributed by atoms with Gasteiger partial charge >= 0.3 is 5.97 Å². The molecule has 0 aliphatic heterocycles. The van der Waals surface area contributed by atoms with Crippen molar-refractivity contribution in [3.8, 4) is 0 Å². The average molecular weight is 277 g/mol. The smallest absolute Gasteiger partial charge is 0.310 e. The van der Waals surface area contributed by atoms with Gasteiger partial charge in [0.25, 0.3) is 0 Å². The summed E-state index contributed by atoms with van der Waals surface area (Å²) in [6.07, 6.45) is 2.35. The van der Waals surface area contributed by atoms with Crippen molar-refractivity contribution in [2.75, 3.05) is 13.1 Å². The standard InChI is InChI=1S/C17H27NO2/c1-4-15(5-2)12-18-11-14(3)17(19)20-13-16-9-7-6-8-10-16/h6-10,14-15,18H,4-5,11-13H2,1-3H3. The van der Waals surface area contributed by atoms with Crippen LogP contribution in [0.1, 0.15) is 39.2 Å². The van der Waals surface area contributed by atoms with E-state index in [0.29, 0.717) is 19.1 Å². The van der Waals surface area contributed by atoms with Gasteiger partial charge in [0.05, 0.1) is 5.92 Å². The van der Waals surface area contributed by atoms with Crippen LogP contribution < -0.4 is 5.32 Å². The Morgan fingerprint density at radius 1 is 1.15 bits per heavy atom.